The molecule has 2 aromatic rings. The van der Waals surface area contributed by atoms with Crippen LogP contribution in [0.4, 0.5) is 0 Å². The first-order valence-corrected chi connectivity index (χ1v) is 10.1. The monoisotopic (exact) mass is 416 g/mol. The Morgan fingerprint density at radius 2 is 1.80 bits per heavy atom. The highest BCUT2D eigenvalue weighted by atomic mass is 16.5. The van der Waals surface area contributed by atoms with E-state index in [2.05, 4.69) is 0 Å². The van der Waals surface area contributed by atoms with Crippen LogP contribution in [0.15, 0.2) is 46.9 Å². The van der Waals surface area contributed by atoms with Gasteiger partial charge in [0.25, 0.3) is 0 Å². The minimum Gasteiger partial charge on any atom is -0.468 e. The summed E-state index contributed by atoms with van der Waals surface area (Å²) in [6.07, 6.45) is 0.733. The molecule has 0 saturated carbocycles. The van der Waals surface area contributed by atoms with Gasteiger partial charge in [-0.1, -0.05) is 30.3 Å². The second-order valence-corrected chi connectivity index (χ2v) is 7.23. The van der Waals surface area contributed by atoms with E-state index in [4.69, 9.17) is 13.9 Å². The maximum atomic E-state index is 13.2. The zero-order valence-corrected chi connectivity index (χ0v) is 18.3. The molecular weight excluding hydrogens is 384 g/mol. The topological polar surface area (TPSA) is 72.2 Å². The van der Waals surface area contributed by atoms with Gasteiger partial charge in [0, 0.05) is 20.2 Å². The smallest absolute Gasteiger partial charge is 0.322 e. The molecule has 0 aliphatic heterocycles. The third kappa shape index (κ3) is 7.31. The Morgan fingerprint density at radius 1 is 1.07 bits per heavy atom. The van der Waals surface area contributed by atoms with Crippen LogP contribution in [0.5, 0.6) is 0 Å². The van der Waals surface area contributed by atoms with Gasteiger partial charge in [-0.05, 0) is 38.0 Å². The fourth-order valence-electron chi connectivity index (χ4n) is 3.17. The van der Waals surface area contributed by atoms with E-state index < -0.39 is 6.04 Å². The number of hydrogen-bond acceptors (Lipinski definition) is 6. The molecule has 1 aromatic heterocycles. The fraction of sp³-hybridized carbons (Fsp3) is 0.478. The van der Waals surface area contributed by atoms with Gasteiger partial charge in [0.05, 0.1) is 26.8 Å². The van der Waals surface area contributed by atoms with Crippen molar-refractivity contribution < 1.29 is 23.5 Å². The molecule has 1 atom stereocenters. The normalized spacial score (nSPS) is 12.0. The van der Waals surface area contributed by atoms with Gasteiger partial charge in [-0.15, -0.1) is 0 Å². The molecule has 7 nitrogen and oxygen atoms in total. The lowest BCUT2D eigenvalue weighted by molar-refractivity contribution is -0.148. The van der Waals surface area contributed by atoms with Crippen molar-refractivity contribution in [1.29, 1.82) is 0 Å². The molecule has 0 unspecified atom stereocenters. The van der Waals surface area contributed by atoms with Crippen molar-refractivity contribution in [3.8, 4) is 0 Å². The SMILES string of the molecule is COCCN(CC(=O)N(CCc1ccccc1)Cc1ccc(C)o1)[C@H](C)C(=O)OC. The van der Waals surface area contributed by atoms with Gasteiger partial charge in [0.1, 0.15) is 17.6 Å². The van der Waals surface area contributed by atoms with E-state index >= 15 is 0 Å². The maximum absolute atomic E-state index is 13.2. The van der Waals surface area contributed by atoms with E-state index in [1.165, 1.54) is 7.11 Å². The van der Waals surface area contributed by atoms with Crippen LogP contribution in [0, 0.1) is 6.92 Å². The van der Waals surface area contributed by atoms with Crippen molar-refractivity contribution in [3.05, 3.63) is 59.5 Å². The Hall–Kier alpha value is -2.64. The zero-order valence-electron chi connectivity index (χ0n) is 18.3. The molecule has 1 amide bonds. The van der Waals surface area contributed by atoms with Crippen LogP contribution in [0.25, 0.3) is 0 Å². The molecule has 1 heterocycles. The molecule has 1 aromatic carbocycles. The number of hydrogen-bond donors (Lipinski definition) is 0. The first kappa shape index (κ1) is 23.6. The quantitative estimate of drug-likeness (QED) is 0.496. The molecule has 0 fully saturated rings. The van der Waals surface area contributed by atoms with Crippen LogP contribution >= 0.6 is 0 Å². The Balaban J connectivity index is 2.12. The number of carbonyl (C=O) groups excluding carboxylic acids is 2. The highest BCUT2D eigenvalue weighted by molar-refractivity contribution is 5.80. The number of amides is 1. The number of esters is 1. The second kappa shape index (κ2) is 12.1. The first-order valence-electron chi connectivity index (χ1n) is 10.1. The van der Waals surface area contributed by atoms with Gasteiger partial charge < -0.3 is 18.8 Å². The Bertz CT molecular complexity index is 790. The molecule has 7 heteroatoms. The van der Waals surface area contributed by atoms with Crippen LogP contribution in [0.1, 0.15) is 24.0 Å². The van der Waals surface area contributed by atoms with Crippen molar-refractivity contribution >= 4 is 11.9 Å². The van der Waals surface area contributed by atoms with Crippen molar-refractivity contribution in [2.24, 2.45) is 0 Å². The number of furan rings is 1. The molecular formula is C23H32N2O5. The lowest BCUT2D eigenvalue weighted by Gasteiger charge is -2.29. The van der Waals surface area contributed by atoms with E-state index in [-0.39, 0.29) is 18.4 Å². The zero-order chi connectivity index (χ0) is 21.9. The standard InChI is InChI=1S/C23H32N2O5/c1-18-10-11-21(30-18)16-25(13-12-20-8-6-5-7-9-20)22(26)17-24(14-15-28-3)19(2)23(27)29-4/h5-11,19H,12-17H2,1-4H3/t19-/m1/s1. The molecule has 0 N–H and O–H groups in total. The molecule has 30 heavy (non-hydrogen) atoms. The second-order valence-electron chi connectivity index (χ2n) is 7.23. The van der Waals surface area contributed by atoms with Crippen LogP contribution in [-0.4, -0.2) is 68.2 Å². The summed E-state index contributed by atoms with van der Waals surface area (Å²) in [7, 11) is 2.94. The van der Waals surface area contributed by atoms with Crippen molar-refractivity contribution in [2.45, 2.75) is 32.9 Å². The van der Waals surface area contributed by atoms with E-state index in [0.29, 0.717) is 26.2 Å². The first-order chi connectivity index (χ1) is 14.4. The predicted octanol–water partition coefficient (Wildman–Crippen LogP) is 2.67. The van der Waals surface area contributed by atoms with Crippen molar-refractivity contribution in [3.63, 3.8) is 0 Å². The molecule has 0 spiro atoms. The molecule has 164 valence electrons. The van der Waals surface area contributed by atoms with Gasteiger partial charge in [-0.2, -0.15) is 0 Å². The van der Waals surface area contributed by atoms with E-state index in [1.54, 1.807) is 23.8 Å². The molecule has 0 aliphatic rings. The van der Waals surface area contributed by atoms with E-state index in [0.717, 1.165) is 23.5 Å². The van der Waals surface area contributed by atoms with Crippen LogP contribution in [0.3, 0.4) is 0 Å². The highest BCUT2D eigenvalue weighted by Gasteiger charge is 2.26. The summed E-state index contributed by atoms with van der Waals surface area (Å²) in [5.41, 5.74) is 1.16. The fourth-order valence-corrected chi connectivity index (χ4v) is 3.17. The van der Waals surface area contributed by atoms with Crippen molar-refractivity contribution in [1.82, 2.24) is 9.80 Å². The number of methoxy groups -OCH3 is 2. The number of aryl methyl sites for hydroxylation is 1. The predicted molar refractivity (Wildman–Crippen MR) is 114 cm³/mol. The molecule has 0 radical (unpaired) electrons. The van der Waals surface area contributed by atoms with Gasteiger partial charge in [-0.25, -0.2) is 0 Å². The molecule has 0 bridgehead atoms. The summed E-state index contributed by atoms with van der Waals surface area (Å²) >= 11 is 0. The minimum absolute atomic E-state index is 0.0770. The Morgan fingerprint density at radius 3 is 2.40 bits per heavy atom. The lowest BCUT2D eigenvalue weighted by atomic mass is 10.1. The van der Waals surface area contributed by atoms with E-state index in [1.807, 2.05) is 49.4 Å². The molecule has 0 aliphatic carbocycles. The number of benzene rings is 1. The Labute approximate surface area is 178 Å². The van der Waals surface area contributed by atoms with Gasteiger partial charge in [0.2, 0.25) is 5.91 Å². The highest BCUT2D eigenvalue weighted by Crippen LogP contribution is 2.12. The lowest BCUT2D eigenvalue weighted by Crippen LogP contribution is -2.48. The minimum atomic E-state index is -0.545. The summed E-state index contributed by atoms with van der Waals surface area (Å²) in [5, 5.41) is 0. The third-order valence-electron chi connectivity index (χ3n) is 5.02. The number of nitrogens with zero attached hydrogens (tertiary/aromatic N) is 2. The summed E-state index contributed by atoms with van der Waals surface area (Å²) in [5.74, 6) is 1.09. The number of carbonyl (C=O) groups is 2. The Kier molecular flexibility index (Phi) is 9.57. The van der Waals surface area contributed by atoms with Crippen LogP contribution < -0.4 is 0 Å². The van der Waals surface area contributed by atoms with Crippen molar-refractivity contribution in [2.75, 3.05) is 40.5 Å². The molecule has 2 rings (SSSR count). The van der Waals surface area contributed by atoms with E-state index in [9.17, 15) is 9.59 Å². The summed E-state index contributed by atoms with van der Waals surface area (Å²) in [6.45, 7) is 5.50. The third-order valence-corrected chi connectivity index (χ3v) is 5.02. The maximum Gasteiger partial charge on any atom is 0.322 e. The van der Waals surface area contributed by atoms with Gasteiger partial charge in [0.15, 0.2) is 0 Å². The van der Waals surface area contributed by atoms with Crippen LogP contribution in [0.2, 0.25) is 0 Å². The number of rotatable bonds is 12. The summed E-state index contributed by atoms with van der Waals surface area (Å²) in [4.78, 5) is 28.8. The largest absolute Gasteiger partial charge is 0.468 e. The number of ether oxygens (including phenoxy) is 2. The van der Waals surface area contributed by atoms with Gasteiger partial charge in [-0.3, -0.25) is 14.5 Å². The van der Waals surface area contributed by atoms with Crippen LogP contribution in [-0.2, 0) is 32.0 Å². The molecule has 0 saturated heterocycles. The van der Waals surface area contributed by atoms with Gasteiger partial charge >= 0.3 is 5.97 Å². The summed E-state index contributed by atoms with van der Waals surface area (Å²) < 4.78 is 15.7. The average molecular weight is 417 g/mol. The summed E-state index contributed by atoms with van der Waals surface area (Å²) in [6, 6.07) is 13.3. The average Bonchev–Trinajstić information content (AvgIpc) is 3.18.